The Balaban J connectivity index is 1.33. The van der Waals surface area contributed by atoms with E-state index >= 15 is 0 Å². The summed E-state index contributed by atoms with van der Waals surface area (Å²) in [6.45, 7) is 0.504. The van der Waals surface area contributed by atoms with Crippen molar-refractivity contribution in [2.24, 2.45) is 0 Å². The van der Waals surface area contributed by atoms with Crippen LogP contribution in [-0.2, 0) is 22.1 Å². The van der Waals surface area contributed by atoms with Gasteiger partial charge in [0, 0.05) is 28.6 Å². The van der Waals surface area contributed by atoms with E-state index in [2.05, 4.69) is 10.3 Å². The monoisotopic (exact) mass is 544 g/mol. The first kappa shape index (κ1) is 24.7. The Morgan fingerprint density at radius 2 is 2.00 bits per heavy atom. The molecule has 186 valence electrons. The molecule has 0 radical (unpaired) electrons. The molecule has 2 aromatic carbocycles. The second-order valence-electron chi connectivity index (χ2n) is 8.64. The van der Waals surface area contributed by atoms with Crippen LogP contribution in [0.15, 0.2) is 66.1 Å². The summed E-state index contributed by atoms with van der Waals surface area (Å²) < 4.78 is 38.7. The number of imidazole rings is 1. The Hall–Kier alpha value is -2.95. The summed E-state index contributed by atoms with van der Waals surface area (Å²) in [5.41, 5.74) is 3.92. The molecule has 5 rings (SSSR count). The fourth-order valence-corrected chi connectivity index (χ4v) is 7.12. The van der Waals surface area contributed by atoms with Crippen molar-refractivity contribution >= 4 is 50.1 Å². The predicted octanol–water partition coefficient (Wildman–Crippen LogP) is 4.48. The Morgan fingerprint density at radius 3 is 2.72 bits per heavy atom. The third-order valence-corrected chi connectivity index (χ3v) is 9.16. The number of carbonyl (C=O) groups is 1. The Bertz CT molecular complexity index is 1540. The molecule has 0 bridgehead atoms. The fraction of sp³-hybridized carbons (Fsp3) is 0.240. The van der Waals surface area contributed by atoms with E-state index in [0.29, 0.717) is 29.3 Å². The van der Waals surface area contributed by atoms with Gasteiger partial charge in [0.25, 0.3) is 5.91 Å². The molecular formula is C25H22ClFN4O3S2. The van der Waals surface area contributed by atoms with Crippen LogP contribution >= 0.6 is 23.4 Å². The molecular weight excluding hydrogens is 523 g/mol. The van der Waals surface area contributed by atoms with E-state index in [9.17, 15) is 17.6 Å². The zero-order valence-corrected chi connectivity index (χ0v) is 21.4. The molecule has 1 aliphatic heterocycles. The van der Waals surface area contributed by atoms with Crippen LogP contribution < -0.4 is 5.32 Å². The molecule has 1 atom stereocenters. The van der Waals surface area contributed by atoms with Crippen molar-refractivity contribution in [1.82, 2.24) is 19.9 Å². The molecule has 2 aromatic heterocycles. The van der Waals surface area contributed by atoms with Crippen LogP contribution in [0.2, 0.25) is 5.02 Å². The van der Waals surface area contributed by atoms with Gasteiger partial charge in [-0.25, -0.2) is 17.8 Å². The summed E-state index contributed by atoms with van der Waals surface area (Å²) >= 11 is 7.69. The molecule has 3 heterocycles. The highest BCUT2D eigenvalue weighted by Gasteiger charge is 2.29. The van der Waals surface area contributed by atoms with Crippen molar-refractivity contribution in [3.63, 3.8) is 0 Å². The molecule has 0 saturated carbocycles. The molecule has 0 aliphatic carbocycles. The number of halogens is 2. The molecule has 0 unspecified atom stereocenters. The van der Waals surface area contributed by atoms with Crippen molar-refractivity contribution in [2.75, 3.05) is 11.5 Å². The minimum atomic E-state index is -3.06. The lowest BCUT2D eigenvalue weighted by molar-refractivity contribution is 0.0941. The number of nitrogens with one attached hydrogen (secondary N) is 1. The number of nitrogens with zero attached hydrogens (tertiary/aromatic N) is 3. The summed E-state index contributed by atoms with van der Waals surface area (Å²) in [6, 6.07) is 13.1. The van der Waals surface area contributed by atoms with Gasteiger partial charge in [-0.05, 0) is 47.9 Å². The first-order chi connectivity index (χ1) is 17.3. The zero-order valence-electron chi connectivity index (χ0n) is 19.0. The van der Waals surface area contributed by atoms with Gasteiger partial charge in [0.15, 0.2) is 15.0 Å². The van der Waals surface area contributed by atoms with Crippen molar-refractivity contribution in [3.8, 4) is 0 Å². The van der Waals surface area contributed by atoms with Crippen LogP contribution in [-0.4, -0.2) is 46.4 Å². The Morgan fingerprint density at radius 1 is 1.19 bits per heavy atom. The topological polar surface area (TPSA) is 94.0 Å². The van der Waals surface area contributed by atoms with Crippen molar-refractivity contribution in [2.45, 2.75) is 29.9 Å². The Labute approximate surface area is 217 Å². The first-order valence-electron chi connectivity index (χ1n) is 11.2. The second-order valence-corrected chi connectivity index (χ2v) is 12.2. The smallest absolute Gasteiger partial charge is 0.251 e. The lowest BCUT2D eigenvalue weighted by atomic mass is 10.1. The summed E-state index contributed by atoms with van der Waals surface area (Å²) in [4.78, 5) is 21.6. The van der Waals surface area contributed by atoms with Gasteiger partial charge < -0.3 is 9.88 Å². The van der Waals surface area contributed by atoms with Gasteiger partial charge in [-0.3, -0.25) is 9.78 Å². The number of sulfone groups is 1. The summed E-state index contributed by atoms with van der Waals surface area (Å²) in [5, 5.41) is 3.95. The molecule has 1 saturated heterocycles. The second kappa shape index (κ2) is 10.2. The molecule has 1 amide bonds. The number of amides is 1. The molecule has 1 N–H and O–H groups in total. The maximum absolute atomic E-state index is 13.4. The van der Waals surface area contributed by atoms with Crippen LogP contribution in [0.25, 0.3) is 11.0 Å². The lowest BCUT2D eigenvalue weighted by Crippen LogP contribution is -2.35. The van der Waals surface area contributed by atoms with Gasteiger partial charge in [0.1, 0.15) is 5.82 Å². The van der Waals surface area contributed by atoms with E-state index in [4.69, 9.17) is 16.6 Å². The molecule has 0 spiro atoms. The molecule has 7 nitrogen and oxygen atoms in total. The lowest BCUT2D eigenvalue weighted by Gasteiger charge is -2.12. The van der Waals surface area contributed by atoms with Crippen molar-refractivity contribution in [1.29, 1.82) is 0 Å². The van der Waals surface area contributed by atoms with E-state index in [1.54, 1.807) is 30.6 Å². The van der Waals surface area contributed by atoms with Crippen molar-refractivity contribution < 1.29 is 17.6 Å². The van der Waals surface area contributed by atoms with E-state index in [1.165, 1.54) is 23.9 Å². The van der Waals surface area contributed by atoms with Crippen LogP contribution in [0.1, 0.15) is 27.9 Å². The number of aromatic nitrogens is 3. The predicted molar refractivity (Wildman–Crippen MR) is 139 cm³/mol. The van der Waals surface area contributed by atoms with Crippen LogP contribution in [0.5, 0.6) is 0 Å². The van der Waals surface area contributed by atoms with Crippen LogP contribution in [0.4, 0.5) is 4.39 Å². The number of hydrogen-bond acceptors (Lipinski definition) is 6. The molecule has 4 aromatic rings. The SMILES string of the molecule is O=C(N[C@H]1CCS(=O)(=O)C1)c1ccc(Cn2c(SCc3ccc(F)cc3Cl)nc3ccncc32)cc1. The van der Waals surface area contributed by atoms with Crippen LogP contribution in [0.3, 0.4) is 0 Å². The third kappa shape index (κ3) is 5.55. The largest absolute Gasteiger partial charge is 0.348 e. The maximum Gasteiger partial charge on any atom is 0.251 e. The van der Waals surface area contributed by atoms with Gasteiger partial charge in [-0.15, -0.1) is 0 Å². The third-order valence-electron chi connectivity index (χ3n) is 6.01. The van der Waals surface area contributed by atoms with E-state index in [-0.39, 0.29) is 29.3 Å². The molecule has 1 fully saturated rings. The average molecular weight is 545 g/mol. The van der Waals surface area contributed by atoms with Crippen LogP contribution in [0, 0.1) is 5.82 Å². The number of hydrogen-bond donors (Lipinski definition) is 1. The van der Waals surface area contributed by atoms with E-state index < -0.39 is 9.84 Å². The standard InChI is InChI=1S/C25H22ClFN4O3S2/c26-21-11-19(27)6-5-18(21)14-35-25-30-22-7-9-28-12-23(22)31(25)13-16-1-3-17(4-2-16)24(32)29-20-8-10-36(33,34)15-20/h1-7,9,11-12,20H,8,10,13-15H2,(H,29,32)/t20-/m0/s1. The quantitative estimate of drug-likeness (QED) is 0.345. The molecule has 1 aliphatic rings. The fourth-order valence-electron chi connectivity index (χ4n) is 4.11. The number of rotatable bonds is 7. The van der Waals surface area contributed by atoms with E-state index in [1.807, 2.05) is 22.8 Å². The first-order valence-corrected chi connectivity index (χ1v) is 14.4. The van der Waals surface area contributed by atoms with Gasteiger partial charge in [-0.1, -0.05) is 41.6 Å². The Kier molecular flexibility index (Phi) is 7.00. The van der Waals surface area contributed by atoms with Gasteiger partial charge in [0.05, 0.1) is 35.3 Å². The highest BCUT2D eigenvalue weighted by atomic mass is 35.5. The number of thioether (sulfide) groups is 1. The van der Waals surface area contributed by atoms with Gasteiger partial charge in [-0.2, -0.15) is 0 Å². The number of carbonyl (C=O) groups excluding carboxylic acids is 1. The summed E-state index contributed by atoms with van der Waals surface area (Å²) in [5.74, 6) is -0.0439. The highest BCUT2D eigenvalue weighted by Crippen LogP contribution is 2.30. The van der Waals surface area contributed by atoms with E-state index in [0.717, 1.165) is 27.3 Å². The molecule has 11 heteroatoms. The zero-order chi connectivity index (χ0) is 25.3. The number of benzene rings is 2. The summed E-state index contributed by atoms with van der Waals surface area (Å²) in [6.07, 6.45) is 3.89. The van der Waals surface area contributed by atoms with Crippen molar-refractivity contribution in [3.05, 3.63) is 88.5 Å². The minimum Gasteiger partial charge on any atom is -0.348 e. The summed E-state index contributed by atoms with van der Waals surface area (Å²) in [7, 11) is -3.06. The maximum atomic E-state index is 13.4. The molecule has 36 heavy (non-hydrogen) atoms. The van der Waals surface area contributed by atoms with Gasteiger partial charge >= 0.3 is 0 Å². The average Bonchev–Trinajstić information content (AvgIpc) is 3.37. The highest BCUT2D eigenvalue weighted by molar-refractivity contribution is 7.98. The van der Waals surface area contributed by atoms with Gasteiger partial charge in [0.2, 0.25) is 0 Å². The minimum absolute atomic E-state index is 0.0118. The normalized spacial score (nSPS) is 16.9. The number of fused-ring (bicyclic) bond motifs is 1. The number of pyridine rings is 1.